The monoisotopic (exact) mass is 567 g/mol. The molecule has 9 heteroatoms. The first-order chi connectivity index (χ1) is 20.2. The summed E-state index contributed by atoms with van der Waals surface area (Å²) < 4.78 is 7.88. The molecular weight excluding hydrogens is 530 g/mol. The van der Waals surface area contributed by atoms with E-state index in [9.17, 15) is 14.4 Å². The second-order valence-electron chi connectivity index (χ2n) is 11.2. The van der Waals surface area contributed by atoms with Gasteiger partial charge in [-0.25, -0.2) is 0 Å². The minimum absolute atomic E-state index is 0.0164. The summed E-state index contributed by atoms with van der Waals surface area (Å²) in [5, 5.41) is 1.67. The van der Waals surface area contributed by atoms with E-state index >= 15 is 0 Å². The number of carbonyl (C=O) groups is 2. The number of rotatable bonds is 10. The molecule has 2 aromatic carbocycles. The molecule has 0 radical (unpaired) electrons. The van der Waals surface area contributed by atoms with Crippen molar-refractivity contribution >= 4 is 34.0 Å². The Morgan fingerprint density at radius 2 is 1.57 bits per heavy atom. The van der Waals surface area contributed by atoms with Crippen LogP contribution in [0.25, 0.3) is 10.8 Å². The van der Waals surface area contributed by atoms with Crippen LogP contribution in [0.5, 0.6) is 5.75 Å². The molecule has 1 aliphatic rings. The molecule has 0 fully saturated rings. The van der Waals surface area contributed by atoms with Gasteiger partial charge in [0.1, 0.15) is 11.2 Å². The van der Waals surface area contributed by atoms with Crippen LogP contribution in [0.3, 0.4) is 0 Å². The van der Waals surface area contributed by atoms with Gasteiger partial charge in [0.05, 0.1) is 18.0 Å². The average Bonchev–Trinajstić information content (AvgIpc) is 3.05. The van der Waals surface area contributed by atoms with Crippen LogP contribution < -0.4 is 20.1 Å². The number of anilines is 2. The summed E-state index contributed by atoms with van der Waals surface area (Å²) in [7, 11) is 3.39. The highest BCUT2D eigenvalue weighted by Gasteiger charge is 2.44. The van der Waals surface area contributed by atoms with Crippen molar-refractivity contribution in [1.29, 1.82) is 0 Å². The summed E-state index contributed by atoms with van der Waals surface area (Å²) in [6, 6.07) is 19.1. The maximum absolute atomic E-state index is 13.0. The SMILES string of the molecule is CN1C(=O)C(C)(C)C(=O)N(C)c2cc(OCCCN(CCn3ccc4ccccc4c3=O)Cc3ccncc3)ccc21. The number of amides is 2. The van der Waals surface area contributed by atoms with Crippen molar-refractivity contribution in [2.45, 2.75) is 33.4 Å². The Hall–Kier alpha value is -4.50. The third-order valence-corrected chi connectivity index (χ3v) is 7.93. The molecule has 9 nitrogen and oxygen atoms in total. The number of fused-ring (bicyclic) bond motifs is 2. The zero-order chi connectivity index (χ0) is 29.9. The lowest BCUT2D eigenvalue weighted by molar-refractivity contribution is -0.137. The van der Waals surface area contributed by atoms with Crippen molar-refractivity contribution in [3.05, 3.63) is 95.2 Å². The normalized spacial score (nSPS) is 14.8. The Balaban J connectivity index is 1.24. The third kappa shape index (κ3) is 5.92. The third-order valence-electron chi connectivity index (χ3n) is 7.93. The van der Waals surface area contributed by atoms with E-state index < -0.39 is 5.41 Å². The number of aromatic nitrogens is 2. The van der Waals surface area contributed by atoms with Crippen molar-refractivity contribution in [3.63, 3.8) is 0 Å². The van der Waals surface area contributed by atoms with Crippen LogP contribution in [-0.4, -0.2) is 60.1 Å². The molecule has 2 amide bonds. The maximum Gasteiger partial charge on any atom is 0.258 e. The molecule has 2 aromatic heterocycles. The predicted octanol–water partition coefficient (Wildman–Crippen LogP) is 4.33. The van der Waals surface area contributed by atoms with E-state index in [4.69, 9.17) is 4.74 Å². The molecule has 0 atom stereocenters. The first-order valence-corrected chi connectivity index (χ1v) is 14.2. The first-order valence-electron chi connectivity index (χ1n) is 14.2. The molecular formula is C33H37N5O4. The minimum Gasteiger partial charge on any atom is -0.493 e. The molecule has 0 N–H and O–H groups in total. The predicted molar refractivity (Wildman–Crippen MR) is 165 cm³/mol. The molecule has 0 saturated carbocycles. The molecule has 218 valence electrons. The Morgan fingerprint density at radius 3 is 2.33 bits per heavy atom. The molecule has 0 spiro atoms. The van der Waals surface area contributed by atoms with E-state index in [1.165, 1.54) is 4.90 Å². The molecule has 0 bridgehead atoms. The van der Waals surface area contributed by atoms with Gasteiger partial charge >= 0.3 is 0 Å². The Kier molecular flexibility index (Phi) is 8.40. The fraction of sp³-hybridized carbons (Fsp3) is 0.333. The van der Waals surface area contributed by atoms with Gasteiger partial charge in [0.25, 0.3) is 5.56 Å². The lowest BCUT2D eigenvalue weighted by atomic mass is 9.90. The van der Waals surface area contributed by atoms with E-state index in [1.807, 2.05) is 66.9 Å². The van der Waals surface area contributed by atoms with E-state index in [0.29, 0.717) is 36.8 Å². The van der Waals surface area contributed by atoms with Crippen molar-refractivity contribution in [2.75, 3.05) is 43.6 Å². The smallest absolute Gasteiger partial charge is 0.258 e. The van der Waals surface area contributed by atoms with Crippen LogP contribution in [0.2, 0.25) is 0 Å². The van der Waals surface area contributed by atoms with Gasteiger partial charge in [0, 0.05) is 70.3 Å². The first kappa shape index (κ1) is 29.0. The topological polar surface area (TPSA) is 88.0 Å². The zero-order valence-electron chi connectivity index (χ0n) is 24.6. The van der Waals surface area contributed by atoms with Crippen LogP contribution in [-0.2, 0) is 22.7 Å². The van der Waals surface area contributed by atoms with Crippen LogP contribution in [0, 0.1) is 5.41 Å². The lowest BCUT2D eigenvalue weighted by Gasteiger charge is -2.25. The summed E-state index contributed by atoms with van der Waals surface area (Å²) in [5.41, 5.74) is 1.32. The average molecular weight is 568 g/mol. The number of ether oxygens (including phenoxy) is 1. The van der Waals surface area contributed by atoms with Crippen LogP contribution in [0.4, 0.5) is 11.4 Å². The second kappa shape index (κ2) is 12.2. The number of nitrogens with zero attached hydrogens (tertiary/aromatic N) is 5. The zero-order valence-corrected chi connectivity index (χ0v) is 24.6. The van der Waals surface area contributed by atoms with Gasteiger partial charge in [0.2, 0.25) is 11.8 Å². The standard InChI is InChI=1S/C33H37N5O4/c1-33(2)31(40)35(3)28-11-10-26(22-29(28)36(4)32(33)41)42-21-7-17-37(23-24-12-15-34-16-13-24)19-20-38-18-14-25-8-5-6-9-27(25)30(38)39/h5-6,8-16,18,22H,7,17,19-21,23H2,1-4H3. The highest BCUT2D eigenvalue weighted by atomic mass is 16.5. The summed E-state index contributed by atoms with van der Waals surface area (Å²) in [5.74, 6) is 0.136. The number of hydrogen-bond acceptors (Lipinski definition) is 6. The van der Waals surface area contributed by atoms with E-state index in [0.717, 1.165) is 35.8 Å². The van der Waals surface area contributed by atoms with Gasteiger partial charge in [-0.05, 0) is 67.6 Å². The lowest BCUT2D eigenvalue weighted by Crippen LogP contribution is -2.46. The van der Waals surface area contributed by atoms with Crippen molar-refractivity contribution < 1.29 is 14.3 Å². The molecule has 1 aliphatic heterocycles. The highest BCUT2D eigenvalue weighted by Crippen LogP contribution is 2.39. The highest BCUT2D eigenvalue weighted by molar-refractivity contribution is 6.19. The Morgan fingerprint density at radius 1 is 0.857 bits per heavy atom. The fourth-order valence-corrected chi connectivity index (χ4v) is 5.44. The number of pyridine rings is 2. The maximum atomic E-state index is 13.0. The molecule has 5 rings (SSSR count). The summed E-state index contributed by atoms with van der Waals surface area (Å²) in [6.07, 6.45) is 6.20. The van der Waals surface area contributed by atoms with E-state index in [1.54, 1.807) is 49.8 Å². The fourth-order valence-electron chi connectivity index (χ4n) is 5.44. The summed E-state index contributed by atoms with van der Waals surface area (Å²) in [4.78, 5) is 48.5. The quantitative estimate of drug-likeness (QED) is 0.209. The Labute approximate surface area is 245 Å². The number of hydrogen-bond donors (Lipinski definition) is 0. The van der Waals surface area contributed by atoms with Gasteiger partial charge in [-0.3, -0.25) is 24.3 Å². The van der Waals surface area contributed by atoms with Crippen molar-refractivity contribution in [2.24, 2.45) is 5.41 Å². The Bertz CT molecular complexity index is 1650. The minimum atomic E-state index is -1.15. The molecule has 3 heterocycles. The molecule has 0 saturated heterocycles. The molecule has 0 aliphatic carbocycles. The van der Waals surface area contributed by atoms with Crippen molar-refractivity contribution in [1.82, 2.24) is 14.5 Å². The van der Waals surface area contributed by atoms with Crippen LogP contribution >= 0.6 is 0 Å². The van der Waals surface area contributed by atoms with Crippen LogP contribution in [0.15, 0.2) is 84.0 Å². The second-order valence-corrected chi connectivity index (χ2v) is 11.2. The van der Waals surface area contributed by atoms with Crippen molar-refractivity contribution in [3.8, 4) is 5.75 Å². The van der Waals surface area contributed by atoms with Gasteiger partial charge in [-0.15, -0.1) is 0 Å². The largest absolute Gasteiger partial charge is 0.493 e. The molecule has 0 unspecified atom stereocenters. The number of benzene rings is 2. The number of carbonyl (C=O) groups excluding carboxylic acids is 2. The van der Waals surface area contributed by atoms with E-state index in [-0.39, 0.29) is 17.4 Å². The van der Waals surface area contributed by atoms with Gasteiger partial charge in [-0.1, -0.05) is 18.2 Å². The molecule has 4 aromatic rings. The van der Waals surface area contributed by atoms with Gasteiger partial charge < -0.3 is 19.1 Å². The van der Waals surface area contributed by atoms with Crippen LogP contribution in [0.1, 0.15) is 25.8 Å². The summed E-state index contributed by atoms with van der Waals surface area (Å²) >= 11 is 0. The summed E-state index contributed by atoms with van der Waals surface area (Å²) in [6.45, 7) is 6.54. The van der Waals surface area contributed by atoms with E-state index in [2.05, 4.69) is 9.88 Å². The molecule has 42 heavy (non-hydrogen) atoms. The van der Waals surface area contributed by atoms with Gasteiger partial charge in [-0.2, -0.15) is 0 Å². The van der Waals surface area contributed by atoms with Gasteiger partial charge in [0.15, 0.2) is 0 Å².